The van der Waals surface area contributed by atoms with Gasteiger partial charge in [-0.05, 0) is 59.3 Å². The standard InChI is InChI=1S/C33H30F3N9O/c1-4-29(46)43-22-10-11-24-21(15-22)12-14-38-30(24)25-8-5-9-28(33(34,35)36)27(25)17-39-31-26(20(2)3)18-41-42-19-40-32(45-31)44-23-7-6-13-37-16-23/h4-16,18-20,41H,1,17H2,2-3H3,(H,43,46)(H2,39,40,42,44,45). The van der Waals surface area contributed by atoms with Gasteiger partial charge in [0.15, 0.2) is 0 Å². The van der Waals surface area contributed by atoms with Gasteiger partial charge in [0.25, 0.3) is 0 Å². The fraction of sp³-hybridized carbons (Fsp3) is 0.152. The zero-order valence-corrected chi connectivity index (χ0v) is 24.9. The van der Waals surface area contributed by atoms with Crippen LogP contribution in [0, 0.1) is 0 Å². The second-order valence-corrected chi connectivity index (χ2v) is 10.4. The molecule has 0 aliphatic carbocycles. The normalized spacial score (nSPS) is 11.2. The van der Waals surface area contributed by atoms with E-state index in [1.165, 1.54) is 18.6 Å². The topological polar surface area (TPSA) is 133 Å². The van der Waals surface area contributed by atoms with Gasteiger partial charge in [-0.25, -0.2) is 0 Å². The first-order chi connectivity index (χ1) is 22.1. The second-order valence-electron chi connectivity index (χ2n) is 10.4. The number of carbonyl (C=O) groups is 1. The highest BCUT2D eigenvalue weighted by Gasteiger charge is 2.34. The molecule has 0 fully saturated rings. The van der Waals surface area contributed by atoms with Gasteiger partial charge in [-0.1, -0.05) is 38.6 Å². The molecule has 5 rings (SSSR count). The molecule has 4 N–H and O–H groups in total. The van der Waals surface area contributed by atoms with Crippen molar-refractivity contribution in [2.45, 2.75) is 32.5 Å². The summed E-state index contributed by atoms with van der Waals surface area (Å²) >= 11 is 0. The summed E-state index contributed by atoms with van der Waals surface area (Å²) in [7, 11) is 0. The molecule has 0 bridgehead atoms. The van der Waals surface area contributed by atoms with Crippen molar-refractivity contribution in [1.29, 1.82) is 0 Å². The van der Waals surface area contributed by atoms with E-state index in [9.17, 15) is 18.0 Å². The average molecular weight is 626 g/mol. The number of aromatic amines is 1. The molecule has 13 heteroatoms. The number of fused-ring (bicyclic) bond motifs is 1. The van der Waals surface area contributed by atoms with Crippen molar-refractivity contribution < 1.29 is 18.0 Å². The van der Waals surface area contributed by atoms with Crippen molar-refractivity contribution in [2.75, 3.05) is 16.0 Å². The lowest BCUT2D eigenvalue weighted by atomic mass is 9.94. The summed E-state index contributed by atoms with van der Waals surface area (Å²) in [5, 5.41) is 17.1. The summed E-state index contributed by atoms with van der Waals surface area (Å²) in [4.78, 5) is 29.4. The Labute approximate surface area is 262 Å². The van der Waals surface area contributed by atoms with Gasteiger partial charge in [0, 0.05) is 47.3 Å². The summed E-state index contributed by atoms with van der Waals surface area (Å²) in [6.45, 7) is 7.07. The minimum absolute atomic E-state index is 0.0207. The molecule has 1 amide bonds. The summed E-state index contributed by atoms with van der Waals surface area (Å²) < 4.78 is 43.5. The third kappa shape index (κ3) is 7.44. The number of rotatable bonds is 9. The van der Waals surface area contributed by atoms with E-state index in [0.29, 0.717) is 44.8 Å². The van der Waals surface area contributed by atoms with E-state index in [2.05, 4.69) is 52.7 Å². The number of carbonyl (C=O) groups excluding carboxylic acids is 1. The van der Waals surface area contributed by atoms with Gasteiger partial charge >= 0.3 is 6.18 Å². The first kappa shape index (κ1) is 31.6. The molecule has 2 aromatic carbocycles. The molecule has 3 aromatic heterocycles. The summed E-state index contributed by atoms with van der Waals surface area (Å²) in [6.07, 6.45) is 4.13. The van der Waals surface area contributed by atoms with Crippen LogP contribution in [0.15, 0.2) is 98.4 Å². The zero-order chi connectivity index (χ0) is 32.7. The number of H-pyrrole nitrogens is 1. The smallest absolute Gasteiger partial charge is 0.366 e. The highest BCUT2D eigenvalue weighted by molar-refractivity contribution is 6.02. The fourth-order valence-electron chi connectivity index (χ4n) is 4.80. The fourth-order valence-corrected chi connectivity index (χ4v) is 4.80. The Morgan fingerprint density at radius 1 is 1.04 bits per heavy atom. The number of benzene rings is 2. The molecule has 0 radical (unpaired) electrons. The van der Waals surface area contributed by atoms with Crippen LogP contribution in [-0.2, 0) is 17.5 Å². The second kappa shape index (κ2) is 13.8. The molecule has 0 aliphatic heterocycles. The van der Waals surface area contributed by atoms with Crippen molar-refractivity contribution in [3.63, 3.8) is 0 Å². The van der Waals surface area contributed by atoms with E-state index < -0.39 is 11.7 Å². The van der Waals surface area contributed by atoms with E-state index in [4.69, 9.17) is 0 Å². The van der Waals surface area contributed by atoms with Gasteiger partial charge in [0.05, 0.1) is 23.1 Å². The van der Waals surface area contributed by atoms with E-state index in [1.54, 1.807) is 61.1 Å². The predicted octanol–water partition coefficient (Wildman–Crippen LogP) is 7.56. The largest absolute Gasteiger partial charge is 0.416 e. The van der Waals surface area contributed by atoms with Crippen LogP contribution in [-0.4, -0.2) is 36.0 Å². The van der Waals surface area contributed by atoms with Crippen LogP contribution in [0.3, 0.4) is 0 Å². The van der Waals surface area contributed by atoms with Crippen LogP contribution in [0.5, 0.6) is 0 Å². The van der Waals surface area contributed by atoms with Crippen molar-refractivity contribution in [2.24, 2.45) is 0 Å². The first-order valence-corrected chi connectivity index (χ1v) is 14.2. The quantitative estimate of drug-likeness (QED) is 0.123. The molecule has 10 nitrogen and oxygen atoms in total. The average Bonchev–Trinajstić information content (AvgIpc) is 3.13. The van der Waals surface area contributed by atoms with Crippen LogP contribution in [0.2, 0.25) is 0 Å². The number of anilines is 4. The number of alkyl halides is 3. The van der Waals surface area contributed by atoms with Crippen LogP contribution in [0.25, 0.3) is 22.0 Å². The molecule has 0 atom stereocenters. The number of hydrogen-bond acceptors (Lipinski definition) is 8. The summed E-state index contributed by atoms with van der Waals surface area (Å²) in [5.74, 6) is -0.0406. The number of hydrogen-bond donors (Lipinski definition) is 4. The minimum atomic E-state index is -4.65. The Balaban J connectivity index is 1.62. The Morgan fingerprint density at radius 2 is 1.89 bits per heavy atom. The lowest BCUT2D eigenvalue weighted by Crippen LogP contribution is -2.14. The third-order valence-electron chi connectivity index (χ3n) is 6.95. The van der Waals surface area contributed by atoms with E-state index >= 15 is 0 Å². The monoisotopic (exact) mass is 625 g/mol. The van der Waals surface area contributed by atoms with Gasteiger partial charge in [0.2, 0.25) is 11.9 Å². The summed E-state index contributed by atoms with van der Waals surface area (Å²) in [6, 6.07) is 14.4. The van der Waals surface area contributed by atoms with Gasteiger partial charge in [-0.2, -0.15) is 28.2 Å². The Kier molecular flexibility index (Phi) is 9.50. The molecule has 0 aliphatic rings. The Bertz CT molecular complexity index is 1920. The highest BCUT2D eigenvalue weighted by atomic mass is 19.4. The van der Waals surface area contributed by atoms with Gasteiger partial charge in [-0.3, -0.25) is 19.9 Å². The van der Waals surface area contributed by atoms with Gasteiger partial charge < -0.3 is 16.0 Å². The van der Waals surface area contributed by atoms with Crippen molar-refractivity contribution >= 4 is 39.8 Å². The Morgan fingerprint density at radius 3 is 2.63 bits per heavy atom. The van der Waals surface area contributed by atoms with Crippen LogP contribution >= 0.6 is 0 Å². The van der Waals surface area contributed by atoms with E-state index in [1.807, 2.05) is 13.8 Å². The number of nitrogens with zero attached hydrogens (tertiary/aromatic N) is 5. The molecule has 234 valence electrons. The predicted molar refractivity (Wildman–Crippen MR) is 172 cm³/mol. The highest BCUT2D eigenvalue weighted by Crippen LogP contribution is 2.39. The molecule has 0 saturated heterocycles. The molecule has 0 saturated carbocycles. The number of amides is 1. The summed E-state index contributed by atoms with van der Waals surface area (Å²) in [5.41, 5.74) is 1.59. The molecule has 5 aromatic rings. The molecular formula is C33H30F3N9O. The van der Waals surface area contributed by atoms with E-state index in [-0.39, 0.29) is 29.9 Å². The van der Waals surface area contributed by atoms with Crippen LogP contribution in [0.1, 0.15) is 36.5 Å². The van der Waals surface area contributed by atoms with Gasteiger partial charge in [0.1, 0.15) is 12.1 Å². The maximum absolute atomic E-state index is 14.5. The van der Waals surface area contributed by atoms with Crippen LogP contribution in [0.4, 0.5) is 36.3 Å². The Hall–Kier alpha value is -5.85. The number of halogens is 3. The lowest BCUT2D eigenvalue weighted by Gasteiger charge is -2.19. The molecule has 46 heavy (non-hydrogen) atoms. The lowest BCUT2D eigenvalue weighted by molar-refractivity contribution is -0.138. The van der Waals surface area contributed by atoms with Crippen molar-refractivity contribution in [3.8, 4) is 11.3 Å². The minimum Gasteiger partial charge on any atom is -0.366 e. The van der Waals surface area contributed by atoms with E-state index in [0.717, 1.165) is 12.1 Å². The maximum atomic E-state index is 14.5. The molecule has 0 unspecified atom stereocenters. The van der Waals surface area contributed by atoms with Crippen LogP contribution < -0.4 is 16.0 Å². The molecular weight excluding hydrogens is 595 g/mol. The first-order valence-electron chi connectivity index (χ1n) is 14.2. The number of pyridine rings is 2. The molecule has 0 spiro atoms. The molecule has 3 heterocycles. The van der Waals surface area contributed by atoms with Crippen molar-refractivity contribution in [3.05, 3.63) is 115 Å². The van der Waals surface area contributed by atoms with Gasteiger partial charge in [-0.15, -0.1) is 0 Å². The third-order valence-corrected chi connectivity index (χ3v) is 6.95. The van der Waals surface area contributed by atoms with Crippen molar-refractivity contribution in [1.82, 2.24) is 30.1 Å². The number of aromatic nitrogens is 6. The SMILES string of the molecule is C=CC(=O)Nc1ccc2c(-c3cccc(C(F)(F)F)c3CNc3nc(Nc4cccnc4)ncn[nH]cc3C(C)C)nccc2c1. The number of nitrogens with one attached hydrogen (secondary N) is 4. The maximum Gasteiger partial charge on any atom is 0.416 e. The zero-order valence-electron chi connectivity index (χ0n) is 24.9.